The van der Waals surface area contributed by atoms with E-state index in [-0.39, 0.29) is 18.9 Å². The van der Waals surface area contributed by atoms with Crippen molar-refractivity contribution in [2.75, 3.05) is 6.54 Å². The third-order valence-electron chi connectivity index (χ3n) is 5.24. The molecule has 0 radical (unpaired) electrons. The summed E-state index contributed by atoms with van der Waals surface area (Å²) >= 11 is 6.19. The molecule has 154 valence electrons. The predicted molar refractivity (Wildman–Crippen MR) is 112 cm³/mol. The van der Waals surface area contributed by atoms with Crippen molar-refractivity contribution in [3.05, 3.63) is 80.7 Å². The largest absolute Gasteiger partial charge is 0.461 e. The summed E-state index contributed by atoms with van der Waals surface area (Å²) < 4.78 is 10.7. The third kappa shape index (κ3) is 4.24. The molecule has 1 aromatic heterocycles. The number of carbonyl (C=O) groups excluding carboxylic acids is 2. The van der Waals surface area contributed by atoms with E-state index < -0.39 is 17.5 Å². The van der Waals surface area contributed by atoms with Gasteiger partial charge in [0.25, 0.3) is 0 Å². The van der Waals surface area contributed by atoms with Gasteiger partial charge in [0.2, 0.25) is 5.91 Å². The second-order valence-corrected chi connectivity index (χ2v) is 7.86. The molecule has 7 heteroatoms. The third-order valence-corrected chi connectivity index (χ3v) is 5.65. The van der Waals surface area contributed by atoms with Crippen LogP contribution in [-0.4, -0.2) is 23.3 Å². The molecule has 0 spiro atoms. The van der Waals surface area contributed by atoms with Gasteiger partial charge in [0.05, 0.1) is 5.92 Å². The van der Waals surface area contributed by atoms with E-state index in [4.69, 9.17) is 20.8 Å². The van der Waals surface area contributed by atoms with Crippen molar-refractivity contribution in [2.45, 2.75) is 26.5 Å². The zero-order chi connectivity index (χ0) is 21.3. The standard InChI is InChI=1S/C23H20ClNO5/c1-14-7-20-18(10-19(14)24)17(9-22(27)30-20)13-29-23(28)16-8-21(26)25(12-16)11-15-5-3-2-4-6-15/h2-7,9-10,16H,8,11-13H2,1H3/t16-/m1/s1. The number of likely N-dealkylation sites (tertiary alicyclic amines) is 1. The monoisotopic (exact) mass is 425 g/mol. The van der Waals surface area contributed by atoms with Crippen LogP contribution in [0.2, 0.25) is 5.02 Å². The van der Waals surface area contributed by atoms with Crippen molar-refractivity contribution < 1.29 is 18.7 Å². The van der Waals surface area contributed by atoms with Gasteiger partial charge < -0.3 is 14.1 Å². The number of nitrogens with zero attached hydrogens (tertiary/aromatic N) is 1. The minimum atomic E-state index is -0.529. The molecule has 0 N–H and O–H groups in total. The van der Waals surface area contributed by atoms with Gasteiger partial charge in [0.15, 0.2) is 0 Å². The molecule has 1 amide bonds. The van der Waals surface area contributed by atoms with Gasteiger partial charge in [-0.15, -0.1) is 0 Å². The Balaban J connectivity index is 1.44. The summed E-state index contributed by atoms with van der Waals surface area (Å²) in [5.41, 5.74) is 2.17. The van der Waals surface area contributed by atoms with Crippen LogP contribution in [0.15, 0.2) is 57.7 Å². The maximum atomic E-state index is 12.6. The maximum absolute atomic E-state index is 12.6. The van der Waals surface area contributed by atoms with E-state index in [9.17, 15) is 14.4 Å². The molecule has 1 saturated heterocycles. The summed E-state index contributed by atoms with van der Waals surface area (Å²) in [4.78, 5) is 38.4. The van der Waals surface area contributed by atoms with E-state index in [2.05, 4.69) is 0 Å². The van der Waals surface area contributed by atoms with Gasteiger partial charge in [-0.3, -0.25) is 9.59 Å². The lowest BCUT2D eigenvalue weighted by atomic mass is 10.1. The maximum Gasteiger partial charge on any atom is 0.336 e. The Morgan fingerprint density at radius 2 is 1.97 bits per heavy atom. The number of benzene rings is 2. The minimum absolute atomic E-state index is 0.0751. The minimum Gasteiger partial charge on any atom is -0.461 e. The Kier molecular flexibility index (Phi) is 5.59. The Morgan fingerprint density at radius 1 is 1.20 bits per heavy atom. The highest BCUT2D eigenvalue weighted by Gasteiger charge is 2.35. The van der Waals surface area contributed by atoms with Gasteiger partial charge >= 0.3 is 11.6 Å². The molecule has 1 fully saturated rings. The topological polar surface area (TPSA) is 76.8 Å². The molecule has 6 nitrogen and oxygen atoms in total. The highest BCUT2D eigenvalue weighted by Crippen LogP contribution is 2.26. The number of halogens is 1. The summed E-state index contributed by atoms with van der Waals surface area (Å²) in [7, 11) is 0. The Morgan fingerprint density at radius 3 is 2.73 bits per heavy atom. The van der Waals surface area contributed by atoms with Crippen LogP contribution in [0.5, 0.6) is 0 Å². The zero-order valence-electron chi connectivity index (χ0n) is 16.4. The number of esters is 1. The number of ether oxygens (including phenoxy) is 1. The van der Waals surface area contributed by atoms with E-state index in [1.54, 1.807) is 17.0 Å². The first kappa shape index (κ1) is 20.2. The molecule has 1 aliphatic rings. The quantitative estimate of drug-likeness (QED) is 0.458. The smallest absolute Gasteiger partial charge is 0.336 e. The molecule has 1 aliphatic heterocycles. The second kappa shape index (κ2) is 8.32. The molecule has 0 unspecified atom stereocenters. The number of rotatable bonds is 5. The van der Waals surface area contributed by atoms with E-state index in [0.717, 1.165) is 11.1 Å². The van der Waals surface area contributed by atoms with E-state index in [0.29, 0.717) is 34.6 Å². The Labute approximate surface area is 178 Å². The van der Waals surface area contributed by atoms with Crippen molar-refractivity contribution in [2.24, 2.45) is 5.92 Å². The van der Waals surface area contributed by atoms with Crippen molar-refractivity contribution in [3.63, 3.8) is 0 Å². The Bertz CT molecular complexity index is 1170. The van der Waals surface area contributed by atoms with Crippen molar-refractivity contribution in [3.8, 4) is 0 Å². The number of aryl methyl sites for hydroxylation is 1. The highest BCUT2D eigenvalue weighted by molar-refractivity contribution is 6.32. The number of amides is 1. The molecule has 0 aliphatic carbocycles. The fraction of sp³-hybridized carbons (Fsp3) is 0.261. The van der Waals surface area contributed by atoms with Crippen molar-refractivity contribution >= 4 is 34.4 Å². The summed E-state index contributed by atoms with van der Waals surface area (Å²) in [5, 5.41) is 1.15. The first-order valence-electron chi connectivity index (χ1n) is 9.62. The summed E-state index contributed by atoms with van der Waals surface area (Å²) in [6, 6.07) is 14.3. The molecular weight excluding hydrogens is 406 g/mol. The lowest BCUT2D eigenvalue weighted by molar-refractivity contribution is -0.149. The normalized spacial score (nSPS) is 16.3. The van der Waals surface area contributed by atoms with Crippen LogP contribution in [0.25, 0.3) is 11.0 Å². The van der Waals surface area contributed by atoms with Crippen LogP contribution in [0, 0.1) is 12.8 Å². The van der Waals surface area contributed by atoms with Crippen LogP contribution in [0.4, 0.5) is 0 Å². The van der Waals surface area contributed by atoms with Gasteiger partial charge in [-0.2, -0.15) is 0 Å². The summed E-state index contributed by atoms with van der Waals surface area (Å²) in [6.45, 7) is 2.50. The van der Waals surface area contributed by atoms with E-state index in [1.165, 1.54) is 6.07 Å². The fourth-order valence-electron chi connectivity index (χ4n) is 3.62. The molecule has 0 bridgehead atoms. The Hall–Kier alpha value is -3.12. The van der Waals surface area contributed by atoms with Crippen LogP contribution >= 0.6 is 11.6 Å². The molecular formula is C23H20ClNO5. The average molecular weight is 426 g/mol. The van der Waals surface area contributed by atoms with Gasteiger partial charge in [0.1, 0.15) is 12.2 Å². The lowest BCUT2D eigenvalue weighted by Gasteiger charge is -2.16. The molecule has 2 aromatic carbocycles. The van der Waals surface area contributed by atoms with Crippen molar-refractivity contribution in [1.29, 1.82) is 0 Å². The lowest BCUT2D eigenvalue weighted by Crippen LogP contribution is -2.26. The highest BCUT2D eigenvalue weighted by atomic mass is 35.5. The van der Waals surface area contributed by atoms with Gasteiger partial charge in [-0.25, -0.2) is 4.79 Å². The molecule has 4 rings (SSSR count). The van der Waals surface area contributed by atoms with Crippen molar-refractivity contribution in [1.82, 2.24) is 4.90 Å². The predicted octanol–water partition coefficient (Wildman–Crippen LogP) is 3.85. The van der Waals surface area contributed by atoms with E-state index >= 15 is 0 Å². The number of hydrogen-bond acceptors (Lipinski definition) is 5. The molecule has 30 heavy (non-hydrogen) atoms. The average Bonchev–Trinajstić information content (AvgIpc) is 3.08. The zero-order valence-corrected chi connectivity index (χ0v) is 17.1. The SMILES string of the molecule is Cc1cc2oc(=O)cc(COC(=O)[C@@H]3CC(=O)N(Cc4ccccc4)C3)c2cc1Cl. The van der Waals surface area contributed by atoms with Crippen LogP contribution < -0.4 is 5.63 Å². The molecule has 3 aromatic rings. The number of hydrogen-bond donors (Lipinski definition) is 0. The van der Waals surface area contributed by atoms with Crippen LogP contribution in [0.3, 0.4) is 0 Å². The summed E-state index contributed by atoms with van der Waals surface area (Å²) in [6.07, 6.45) is 0.119. The summed E-state index contributed by atoms with van der Waals surface area (Å²) in [5.74, 6) is -1.06. The van der Waals surface area contributed by atoms with Gasteiger partial charge in [0, 0.05) is 41.5 Å². The molecule has 0 saturated carbocycles. The second-order valence-electron chi connectivity index (χ2n) is 7.46. The van der Waals surface area contributed by atoms with E-state index in [1.807, 2.05) is 37.3 Å². The molecule has 1 atom stereocenters. The van der Waals surface area contributed by atoms with Gasteiger partial charge in [-0.1, -0.05) is 41.9 Å². The first-order valence-corrected chi connectivity index (χ1v) is 9.99. The van der Waals surface area contributed by atoms with Crippen LogP contribution in [-0.2, 0) is 27.5 Å². The number of fused-ring (bicyclic) bond motifs is 1. The molecule has 2 heterocycles. The van der Waals surface area contributed by atoms with Crippen LogP contribution in [0.1, 0.15) is 23.1 Å². The first-order chi connectivity index (χ1) is 14.4. The number of carbonyl (C=O) groups is 2. The van der Waals surface area contributed by atoms with Gasteiger partial charge in [-0.05, 0) is 30.2 Å². The fourth-order valence-corrected chi connectivity index (χ4v) is 3.78.